The average Bonchev–Trinajstić information content (AvgIpc) is 3.66. The first-order valence-electron chi connectivity index (χ1n) is 14.1. The molecular formula is C34H30BrFN4O6. The lowest BCUT2D eigenvalue weighted by atomic mass is 10.2. The standard InChI is InChI=1S/C34H30BrFN4O6/c1-21-8-9-22(2)40(21)24-10-12-25(13-11-24)44-19-26-14-15-30(46-26)34(42)39-37-18-23-16-27(35)33(31(17-23)43-3)45-20-32(41)38-29-7-5-4-6-28(29)36/h4-18H,19-20H2,1-3H3,(H,38,41)(H,39,42)/b37-18+. The van der Waals surface area contributed by atoms with Crippen LogP contribution in [0.1, 0.15) is 33.3 Å². The minimum Gasteiger partial charge on any atom is -0.493 e. The zero-order chi connectivity index (χ0) is 32.6. The summed E-state index contributed by atoms with van der Waals surface area (Å²) in [5.74, 6) is 0.136. The summed E-state index contributed by atoms with van der Waals surface area (Å²) < 4.78 is 38.9. The molecule has 10 nitrogen and oxygen atoms in total. The molecule has 0 aliphatic carbocycles. The first kappa shape index (κ1) is 32.0. The lowest BCUT2D eigenvalue weighted by molar-refractivity contribution is -0.118. The van der Waals surface area contributed by atoms with E-state index in [1.54, 1.807) is 30.3 Å². The summed E-state index contributed by atoms with van der Waals surface area (Å²) in [6.45, 7) is 3.87. The number of hydrogen-bond acceptors (Lipinski definition) is 7. The van der Waals surface area contributed by atoms with Gasteiger partial charge in [-0.05, 0) is 108 Å². The zero-order valence-electron chi connectivity index (χ0n) is 25.2. The van der Waals surface area contributed by atoms with Crippen LogP contribution >= 0.6 is 15.9 Å². The molecule has 2 amide bonds. The number of aryl methyl sites for hydroxylation is 2. The number of rotatable bonds is 12. The van der Waals surface area contributed by atoms with Gasteiger partial charge in [0.25, 0.3) is 5.91 Å². The fraction of sp³-hybridized carbons (Fsp3) is 0.147. The van der Waals surface area contributed by atoms with E-state index < -0.39 is 17.6 Å². The summed E-state index contributed by atoms with van der Waals surface area (Å²) in [5, 5.41) is 6.46. The van der Waals surface area contributed by atoms with Crippen LogP contribution in [0.3, 0.4) is 0 Å². The maximum Gasteiger partial charge on any atom is 0.307 e. The normalized spacial score (nSPS) is 11.0. The molecule has 2 heterocycles. The molecule has 5 rings (SSSR count). The van der Waals surface area contributed by atoms with E-state index in [2.05, 4.69) is 62.3 Å². The number of hydrogen-bond donors (Lipinski definition) is 2. The van der Waals surface area contributed by atoms with E-state index in [1.807, 2.05) is 24.3 Å². The van der Waals surface area contributed by atoms with Gasteiger partial charge in [-0.3, -0.25) is 9.59 Å². The molecule has 5 aromatic rings. The molecule has 0 fully saturated rings. The van der Waals surface area contributed by atoms with Gasteiger partial charge in [0.05, 0.1) is 23.5 Å². The fourth-order valence-electron chi connectivity index (χ4n) is 4.56. The highest BCUT2D eigenvalue weighted by atomic mass is 79.9. The van der Waals surface area contributed by atoms with E-state index in [-0.39, 0.29) is 30.4 Å². The van der Waals surface area contributed by atoms with E-state index in [9.17, 15) is 14.0 Å². The maximum absolute atomic E-state index is 13.8. The highest BCUT2D eigenvalue weighted by Crippen LogP contribution is 2.36. The van der Waals surface area contributed by atoms with Crippen LogP contribution in [-0.2, 0) is 11.4 Å². The summed E-state index contributed by atoms with van der Waals surface area (Å²) in [4.78, 5) is 24.9. The number of amides is 2. The van der Waals surface area contributed by atoms with Gasteiger partial charge in [0.2, 0.25) is 0 Å². The predicted molar refractivity (Wildman–Crippen MR) is 175 cm³/mol. The second kappa shape index (κ2) is 14.6. The van der Waals surface area contributed by atoms with Crippen LogP contribution < -0.4 is 25.0 Å². The Kier molecular flexibility index (Phi) is 10.2. The Morgan fingerprint density at radius 1 is 0.978 bits per heavy atom. The molecule has 2 N–H and O–H groups in total. The van der Waals surface area contributed by atoms with Crippen molar-refractivity contribution < 1.29 is 32.6 Å². The van der Waals surface area contributed by atoms with Gasteiger partial charge in [0, 0.05) is 17.1 Å². The molecule has 0 spiro atoms. The van der Waals surface area contributed by atoms with Gasteiger partial charge in [-0.2, -0.15) is 5.10 Å². The van der Waals surface area contributed by atoms with Crippen molar-refractivity contribution in [2.75, 3.05) is 19.0 Å². The van der Waals surface area contributed by atoms with Crippen LogP contribution in [0.25, 0.3) is 5.69 Å². The quantitative estimate of drug-likeness (QED) is 0.108. The molecule has 0 unspecified atom stereocenters. The second-order valence-electron chi connectivity index (χ2n) is 10.0. The number of nitrogens with one attached hydrogen (secondary N) is 2. The molecular weight excluding hydrogens is 659 g/mol. The number of para-hydroxylation sites is 1. The number of nitrogens with zero attached hydrogens (tertiary/aromatic N) is 2. The van der Waals surface area contributed by atoms with E-state index >= 15 is 0 Å². The third-order valence-corrected chi connectivity index (χ3v) is 7.35. The molecule has 0 aliphatic heterocycles. The smallest absolute Gasteiger partial charge is 0.307 e. The summed E-state index contributed by atoms with van der Waals surface area (Å²) in [6.07, 6.45) is 1.41. The molecule has 0 saturated heterocycles. The van der Waals surface area contributed by atoms with Crippen LogP contribution in [0.5, 0.6) is 17.2 Å². The number of ether oxygens (including phenoxy) is 3. The highest BCUT2D eigenvalue weighted by molar-refractivity contribution is 9.10. The topological polar surface area (TPSA) is 116 Å². The average molecular weight is 690 g/mol. The van der Waals surface area contributed by atoms with Crippen molar-refractivity contribution in [3.8, 4) is 22.9 Å². The number of carbonyl (C=O) groups is 2. The number of methoxy groups -OCH3 is 1. The molecule has 0 bridgehead atoms. The minimum absolute atomic E-state index is 0.0507. The maximum atomic E-state index is 13.8. The van der Waals surface area contributed by atoms with Crippen molar-refractivity contribution in [2.24, 2.45) is 5.10 Å². The Morgan fingerprint density at radius 2 is 1.72 bits per heavy atom. The third kappa shape index (κ3) is 7.83. The lowest BCUT2D eigenvalue weighted by Crippen LogP contribution is -2.21. The van der Waals surface area contributed by atoms with Crippen molar-refractivity contribution in [1.82, 2.24) is 9.99 Å². The molecule has 236 valence electrons. The van der Waals surface area contributed by atoms with Crippen LogP contribution in [0, 0.1) is 19.7 Å². The fourth-order valence-corrected chi connectivity index (χ4v) is 5.13. The third-order valence-electron chi connectivity index (χ3n) is 6.76. The molecule has 3 aromatic carbocycles. The number of furan rings is 1. The minimum atomic E-state index is -0.553. The van der Waals surface area contributed by atoms with Gasteiger partial charge >= 0.3 is 5.91 Å². The van der Waals surface area contributed by atoms with E-state index in [0.717, 1.165) is 17.1 Å². The van der Waals surface area contributed by atoms with Gasteiger partial charge in [0.1, 0.15) is 23.9 Å². The largest absolute Gasteiger partial charge is 0.493 e. The summed E-state index contributed by atoms with van der Waals surface area (Å²) >= 11 is 3.40. The number of aromatic nitrogens is 1. The van der Waals surface area contributed by atoms with Crippen LogP contribution in [0.15, 0.2) is 98.9 Å². The number of anilines is 1. The van der Waals surface area contributed by atoms with Gasteiger partial charge < -0.3 is 28.5 Å². The van der Waals surface area contributed by atoms with Gasteiger partial charge in [-0.15, -0.1) is 0 Å². The lowest BCUT2D eigenvalue weighted by Gasteiger charge is -2.13. The van der Waals surface area contributed by atoms with E-state index in [1.165, 1.54) is 31.5 Å². The van der Waals surface area contributed by atoms with Crippen LogP contribution in [-0.4, -0.2) is 36.3 Å². The molecule has 46 heavy (non-hydrogen) atoms. The van der Waals surface area contributed by atoms with E-state index in [0.29, 0.717) is 27.3 Å². The molecule has 12 heteroatoms. The summed E-state index contributed by atoms with van der Waals surface area (Å²) in [6, 6.07) is 24.2. The number of halogens is 2. The van der Waals surface area contributed by atoms with Crippen LogP contribution in [0.4, 0.5) is 10.1 Å². The zero-order valence-corrected chi connectivity index (χ0v) is 26.8. The molecule has 0 aliphatic rings. The second-order valence-corrected chi connectivity index (χ2v) is 10.9. The summed E-state index contributed by atoms with van der Waals surface area (Å²) in [7, 11) is 1.44. The molecule has 0 saturated carbocycles. The van der Waals surface area contributed by atoms with Crippen molar-refractivity contribution in [3.63, 3.8) is 0 Å². The van der Waals surface area contributed by atoms with E-state index in [4.69, 9.17) is 18.6 Å². The van der Waals surface area contributed by atoms with Crippen molar-refractivity contribution in [3.05, 3.63) is 124 Å². The van der Waals surface area contributed by atoms with Gasteiger partial charge in [-0.25, -0.2) is 9.82 Å². The molecule has 2 aromatic heterocycles. The van der Waals surface area contributed by atoms with Gasteiger partial charge in [-0.1, -0.05) is 12.1 Å². The number of carbonyl (C=O) groups excluding carboxylic acids is 2. The first-order chi connectivity index (χ1) is 22.2. The van der Waals surface area contributed by atoms with Gasteiger partial charge in [0.15, 0.2) is 23.9 Å². The van der Waals surface area contributed by atoms with Crippen molar-refractivity contribution in [1.29, 1.82) is 0 Å². The predicted octanol–water partition coefficient (Wildman–Crippen LogP) is 6.96. The Labute approximate surface area is 272 Å². The molecule has 0 radical (unpaired) electrons. The number of benzene rings is 3. The Morgan fingerprint density at radius 3 is 2.43 bits per heavy atom. The Hall–Kier alpha value is -5.36. The number of hydrazone groups is 1. The molecule has 0 atom stereocenters. The Balaban J connectivity index is 1.12. The van der Waals surface area contributed by atoms with Crippen molar-refractivity contribution in [2.45, 2.75) is 20.5 Å². The summed E-state index contributed by atoms with van der Waals surface area (Å²) in [5.41, 5.74) is 6.38. The monoisotopic (exact) mass is 688 g/mol. The SMILES string of the molecule is COc1cc(/C=N/NC(=O)c2ccc(COc3ccc(-n4c(C)ccc4C)cc3)o2)cc(Br)c1OCC(=O)Nc1ccccc1F. The van der Waals surface area contributed by atoms with Crippen molar-refractivity contribution >= 4 is 39.6 Å². The highest BCUT2D eigenvalue weighted by Gasteiger charge is 2.15. The van der Waals surface area contributed by atoms with Crippen LogP contribution in [0.2, 0.25) is 0 Å². The Bertz CT molecular complexity index is 1860. The first-order valence-corrected chi connectivity index (χ1v) is 14.9.